The first-order chi connectivity index (χ1) is 11.2. The quantitative estimate of drug-likeness (QED) is 0.540. The summed E-state index contributed by atoms with van der Waals surface area (Å²) >= 11 is 0. The van der Waals surface area contributed by atoms with Gasteiger partial charge >= 0.3 is 5.97 Å². The van der Waals surface area contributed by atoms with E-state index in [4.69, 9.17) is 5.11 Å². The number of nitrogens with one attached hydrogen (secondary N) is 1. The minimum atomic E-state index is -3.27. The fraction of sp³-hybridized carbons (Fsp3) is 0.385. The van der Waals surface area contributed by atoms with Crippen molar-refractivity contribution in [3.8, 4) is 0 Å². The predicted octanol–water partition coefficient (Wildman–Crippen LogP) is 0.0583. The molecule has 1 aromatic carbocycles. The molecule has 1 heterocycles. The van der Waals surface area contributed by atoms with Crippen molar-refractivity contribution in [1.29, 1.82) is 0 Å². The smallest absolute Gasteiger partial charge is 0.335 e. The molecule has 0 spiro atoms. The lowest BCUT2D eigenvalue weighted by molar-refractivity contribution is -0.384. The number of rotatable bonds is 6. The van der Waals surface area contributed by atoms with E-state index in [0.717, 1.165) is 18.2 Å². The van der Waals surface area contributed by atoms with E-state index < -0.39 is 32.5 Å². The van der Waals surface area contributed by atoms with Gasteiger partial charge in [-0.05, 0) is 12.5 Å². The molecule has 0 unspecified atom stereocenters. The minimum Gasteiger partial charge on any atom is -0.478 e. The maximum atomic E-state index is 12.0. The van der Waals surface area contributed by atoms with Crippen molar-refractivity contribution in [2.24, 2.45) is 0 Å². The van der Waals surface area contributed by atoms with Gasteiger partial charge in [0.05, 0.1) is 16.2 Å². The molecule has 1 saturated heterocycles. The zero-order chi connectivity index (χ0) is 17.9. The molecule has 0 bridgehead atoms. The molecule has 0 aliphatic carbocycles. The van der Waals surface area contributed by atoms with Crippen LogP contribution in [0.5, 0.6) is 0 Å². The van der Waals surface area contributed by atoms with Gasteiger partial charge in [0.15, 0.2) is 0 Å². The normalized spacial score (nSPS) is 16.7. The van der Waals surface area contributed by atoms with Crippen LogP contribution in [-0.2, 0) is 10.0 Å². The molecule has 1 aliphatic rings. The zero-order valence-electron chi connectivity index (χ0n) is 12.5. The summed E-state index contributed by atoms with van der Waals surface area (Å²) in [5.41, 5.74) is -1.07. The number of non-ortho nitro benzene ring substituents is 1. The summed E-state index contributed by atoms with van der Waals surface area (Å²) in [6.07, 6.45) is 0.531. The molecule has 1 amide bonds. The summed E-state index contributed by atoms with van der Waals surface area (Å²) < 4.78 is 24.5. The molecule has 130 valence electrons. The van der Waals surface area contributed by atoms with Gasteiger partial charge in [-0.2, -0.15) is 0 Å². The van der Waals surface area contributed by atoms with Crippen LogP contribution in [0.25, 0.3) is 0 Å². The van der Waals surface area contributed by atoms with Gasteiger partial charge in [-0.1, -0.05) is 0 Å². The van der Waals surface area contributed by atoms with Crippen LogP contribution in [0.15, 0.2) is 18.2 Å². The Morgan fingerprint density at radius 1 is 1.29 bits per heavy atom. The van der Waals surface area contributed by atoms with Gasteiger partial charge in [0.2, 0.25) is 10.0 Å². The average molecular weight is 357 g/mol. The summed E-state index contributed by atoms with van der Waals surface area (Å²) in [5.74, 6) is -2.03. The molecular weight excluding hydrogens is 342 g/mol. The van der Waals surface area contributed by atoms with E-state index >= 15 is 0 Å². The number of benzene rings is 1. The highest BCUT2D eigenvalue weighted by molar-refractivity contribution is 7.89. The Labute approximate surface area is 137 Å². The van der Waals surface area contributed by atoms with Gasteiger partial charge in [0.25, 0.3) is 11.6 Å². The first-order valence-corrected chi connectivity index (χ1v) is 8.60. The number of nitro groups is 1. The van der Waals surface area contributed by atoms with Crippen molar-refractivity contribution >= 4 is 27.6 Å². The molecule has 1 aromatic rings. The van der Waals surface area contributed by atoms with Gasteiger partial charge in [-0.15, -0.1) is 0 Å². The zero-order valence-corrected chi connectivity index (χ0v) is 13.3. The maximum Gasteiger partial charge on any atom is 0.335 e. The van der Waals surface area contributed by atoms with Crippen LogP contribution in [0, 0.1) is 10.1 Å². The van der Waals surface area contributed by atoms with Crippen LogP contribution < -0.4 is 5.32 Å². The number of sulfonamides is 1. The highest BCUT2D eigenvalue weighted by Gasteiger charge is 2.27. The minimum absolute atomic E-state index is 0.0170. The number of hydrogen-bond acceptors (Lipinski definition) is 6. The van der Waals surface area contributed by atoms with E-state index in [-0.39, 0.29) is 30.0 Å². The molecule has 0 aromatic heterocycles. The largest absolute Gasteiger partial charge is 0.478 e. The van der Waals surface area contributed by atoms with Crippen molar-refractivity contribution in [3.05, 3.63) is 39.4 Å². The average Bonchev–Trinajstić information content (AvgIpc) is 2.85. The lowest BCUT2D eigenvalue weighted by Crippen LogP contribution is -2.35. The number of nitrogens with zero attached hydrogens (tertiary/aromatic N) is 2. The first kappa shape index (κ1) is 17.8. The van der Waals surface area contributed by atoms with Crippen LogP contribution in [0.4, 0.5) is 5.69 Å². The highest BCUT2D eigenvalue weighted by atomic mass is 32.2. The molecule has 0 radical (unpaired) electrons. The van der Waals surface area contributed by atoms with E-state index in [1.807, 2.05) is 0 Å². The van der Waals surface area contributed by atoms with Gasteiger partial charge in [0, 0.05) is 37.3 Å². The molecule has 11 heteroatoms. The third-order valence-electron chi connectivity index (χ3n) is 3.49. The van der Waals surface area contributed by atoms with E-state index in [1.54, 1.807) is 0 Å². The predicted molar refractivity (Wildman–Crippen MR) is 82.4 cm³/mol. The van der Waals surface area contributed by atoms with Crippen molar-refractivity contribution < 1.29 is 28.0 Å². The number of hydrogen-bond donors (Lipinski definition) is 2. The van der Waals surface area contributed by atoms with Crippen LogP contribution in [0.2, 0.25) is 0 Å². The number of carbonyl (C=O) groups excluding carboxylic acids is 1. The fourth-order valence-corrected chi connectivity index (χ4v) is 3.84. The standard InChI is InChI=1S/C13H15N3O7S/c17-12(14-2-4-15-3-1-5-24(15,22)23)9-6-10(13(18)19)8-11(7-9)16(20)21/h6-8H,1-5H2,(H,14,17)(H,18,19). The fourth-order valence-electron chi connectivity index (χ4n) is 2.31. The van der Waals surface area contributed by atoms with E-state index in [0.29, 0.717) is 13.0 Å². The second-order valence-corrected chi connectivity index (χ2v) is 7.24. The number of nitro benzene ring substituents is 1. The number of carbonyl (C=O) groups is 2. The second kappa shape index (κ2) is 6.93. The Kier molecular flexibility index (Phi) is 5.14. The topological polar surface area (TPSA) is 147 Å². The molecule has 1 fully saturated rings. The SMILES string of the molecule is O=C(O)c1cc(C(=O)NCCN2CCCS2(=O)=O)cc([N+](=O)[O-])c1. The lowest BCUT2D eigenvalue weighted by atomic mass is 10.1. The third kappa shape index (κ3) is 4.06. The van der Waals surface area contributed by atoms with Crippen LogP contribution in [0.1, 0.15) is 27.1 Å². The lowest BCUT2D eigenvalue weighted by Gasteiger charge is -2.14. The van der Waals surface area contributed by atoms with E-state index in [9.17, 15) is 28.1 Å². The second-order valence-electron chi connectivity index (χ2n) is 5.16. The van der Waals surface area contributed by atoms with Crippen molar-refractivity contribution in [2.75, 3.05) is 25.4 Å². The number of aromatic carboxylic acids is 1. The van der Waals surface area contributed by atoms with Crippen molar-refractivity contribution in [2.45, 2.75) is 6.42 Å². The van der Waals surface area contributed by atoms with Gasteiger partial charge in [0.1, 0.15) is 0 Å². The van der Waals surface area contributed by atoms with Crippen LogP contribution in [0.3, 0.4) is 0 Å². The summed E-state index contributed by atoms with van der Waals surface area (Å²) in [6, 6.07) is 2.85. The molecule has 24 heavy (non-hydrogen) atoms. The molecule has 2 rings (SSSR count). The third-order valence-corrected chi connectivity index (χ3v) is 5.44. The Morgan fingerprint density at radius 2 is 1.96 bits per heavy atom. The molecule has 0 atom stereocenters. The molecule has 1 aliphatic heterocycles. The first-order valence-electron chi connectivity index (χ1n) is 6.99. The number of carboxylic acids is 1. The Hall–Kier alpha value is -2.53. The van der Waals surface area contributed by atoms with Crippen LogP contribution in [-0.4, -0.2) is 60.0 Å². The molecular formula is C13H15N3O7S. The van der Waals surface area contributed by atoms with Gasteiger partial charge in [-0.25, -0.2) is 17.5 Å². The summed E-state index contributed by atoms with van der Waals surface area (Å²) in [6.45, 7) is 0.496. The number of carboxylic acid groups (broad SMARTS) is 1. The van der Waals surface area contributed by atoms with E-state index in [2.05, 4.69) is 5.32 Å². The van der Waals surface area contributed by atoms with Gasteiger partial charge < -0.3 is 10.4 Å². The Morgan fingerprint density at radius 3 is 2.50 bits per heavy atom. The number of amides is 1. The molecule has 2 N–H and O–H groups in total. The van der Waals surface area contributed by atoms with E-state index in [1.165, 1.54) is 4.31 Å². The van der Waals surface area contributed by atoms with Crippen molar-refractivity contribution in [3.63, 3.8) is 0 Å². The van der Waals surface area contributed by atoms with Crippen molar-refractivity contribution in [1.82, 2.24) is 9.62 Å². The summed E-state index contributed by atoms with van der Waals surface area (Å²) in [4.78, 5) is 33.0. The highest BCUT2D eigenvalue weighted by Crippen LogP contribution is 2.17. The molecule has 0 saturated carbocycles. The summed E-state index contributed by atoms with van der Waals surface area (Å²) in [7, 11) is -3.27. The Bertz CT molecular complexity index is 759. The monoisotopic (exact) mass is 357 g/mol. The van der Waals surface area contributed by atoms with Gasteiger partial charge in [-0.3, -0.25) is 14.9 Å². The summed E-state index contributed by atoms with van der Waals surface area (Å²) in [5, 5.41) is 22.2. The van der Waals surface area contributed by atoms with Crippen LogP contribution >= 0.6 is 0 Å². The maximum absolute atomic E-state index is 12.0. The Balaban J connectivity index is 2.06. The molecule has 10 nitrogen and oxygen atoms in total.